The fourth-order valence-corrected chi connectivity index (χ4v) is 3.82. The van der Waals surface area contributed by atoms with Crippen molar-refractivity contribution >= 4 is 28.9 Å². The van der Waals surface area contributed by atoms with Crippen LogP contribution in [-0.2, 0) is 25.5 Å². The Labute approximate surface area is 258 Å². The number of carboxylic acids is 2. The van der Waals surface area contributed by atoms with E-state index < -0.39 is 24.0 Å². The minimum atomic E-state index is -1.26. The molecule has 0 aliphatic heterocycles. The molecular formula is C33H33NO11. The van der Waals surface area contributed by atoms with Crippen molar-refractivity contribution in [3.63, 3.8) is 0 Å². The number of hydrogen-bond donors (Lipinski definition) is 4. The van der Waals surface area contributed by atoms with Gasteiger partial charge in [0.15, 0.2) is 12.0 Å². The minimum absolute atomic E-state index is 0.0906. The van der Waals surface area contributed by atoms with Crippen LogP contribution in [0.5, 0.6) is 11.5 Å². The number of benzene rings is 3. The molecule has 0 saturated heterocycles. The quantitative estimate of drug-likeness (QED) is 0.0920. The number of aliphatic hydroxyl groups excluding tert-OH is 1. The summed E-state index contributed by atoms with van der Waals surface area (Å²) in [5.74, 6) is -1.35. The second kappa shape index (κ2) is 17.6. The van der Waals surface area contributed by atoms with E-state index in [1.54, 1.807) is 30.3 Å². The number of carboxylic acid groups (broad SMARTS) is 2. The van der Waals surface area contributed by atoms with E-state index in [2.05, 4.69) is 10.1 Å². The molecule has 0 radical (unpaired) electrons. The molecule has 1 aromatic heterocycles. The molecule has 12 heteroatoms. The molecule has 0 amide bonds. The van der Waals surface area contributed by atoms with Gasteiger partial charge >= 0.3 is 17.9 Å². The van der Waals surface area contributed by atoms with E-state index >= 15 is 0 Å². The number of fused-ring (bicyclic) bond motifs is 1. The lowest BCUT2D eigenvalue weighted by Crippen LogP contribution is -2.32. The molecule has 1 heterocycles. The van der Waals surface area contributed by atoms with Gasteiger partial charge in [0.2, 0.25) is 0 Å². The van der Waals surface area contributed by atoms with Crippen molar-refractivity contribution in [2.75, 3.05) is 33.4 Å². The Morgan fingerprint density at radius 3 is 2.20 bits per heavy atom. The molecule has 0 bridgehead atoms. The molecule has 4 N–H and O–H groups in total. The molecule has 0 aliphatic rings. The Hall–Kier alpha value is -5.46. The van der Waals surface area contributed by atoms with Crippen molar-refractivity contribution in [2.45, 2.75) is 12.5 Å². The van der Waals surface area contributed by atoms with Crippen LogP contribution in [-0.4, -0.2) is 72.7 Å². The third-order valence-corrected chi connectivity index (χ3v) is 6.05. The van der Waals surface area contributed by atoms with Crippen LogP contribution >= 0.6 is 0 Å². The maximum Gasteiger partial charge on any atom is 0.343 e. The van der Waals surface area contributed by atoms with Crippen LogP contribution in [0.2, 0.25) is 0 Å². The standard InChI is InChI=1S/C29H29NO7.C4H4O4/c1-34-29(33)19-36-23-9-7-20(8-10-23)13-14-30-17-22(31)18-35-24-11-12-25-26(32)16-27(37-28(25)15-24)21-5-3-2-4-6-21;5-3(6)1-2-4(7)8/h2-12,15-16,22,30-31H,13-14,17-19H2,1H3;1-2H,(H,5,6)(H,7,8)/b;2-1-. The predicted octanol–water partition coefficient (Wildman–Crippen LogP) is 3.30. The molecule has 236 valence electrons. The van der Waals surface area contributed by atoms with E-state index in [9.17, 15) is 24.3 Å². The number of nitrogens with one attached hydrogen (secondary N) is 1. The minimum Gasteiger partial charge on any atom is -0.491 e. The van der Waals surface area contributed by atoms with E-state index in [-0.39, 0.29) is 18.6 Å². The molecule has 12 nitrogen and oxygen atoms in total. The van der Waals surface area contributed by atoms with Crippen molar-refractivity contribution in [2.24, 2.45) is 0 Å². The van der Waals surface area contributed by atoms with Crippen LogP contribution in [0.15, 0.2) is 100 Å². The summed E-state index contributed by atoms with van der Waals surface area (Å²) >= 11 is 0. The second-order valence-corrected chi connectivity index (χ2v) is 9.44. The molecule has 0 spiro atoms. The SMILES string of the molecule is COC(=O)COc1ccc(CCNCC(O)COc2ccc3c(=O)cc(-c4ccccc4)oc3c2)cc1.O=C(O)/C=C\C(=O)O. The van der Waals surface area contributed by atoms with Crippen LogP contribution in [0.25, 0.3) is 22.3 Å². The molecule has 0 fully saturated rings. The number of carbonyl (C=O) groups excluding carboxylic acids is 1. The Bertz CT molecular complexity index is 1630. The summed E-state index contributed by atoms with van der Waals surface area (Å²) in [5, 5.41) is 29.6. The van der Waals surface area contributed by atoms with Gasteiger partial charge in [0, 0.05) is 36.4 Å². The van der Waals surface area contributed by atoms with Gasteiger partial charge in [-0.15, -0.1) is 0 Å². The molecule has 4 aromatic rings. The number of aliphatic hydroxyl groups is 1. The van der Waals surface area contributed by atoms with Crippen molar-refractivity contribution in [1.82, 2.24) is 5.32 Å². The van der Waals surface area contributed by atoms with Gasteiger partial charge in [-0.25, -0.2) is 14.4 Å². The van der Waals surface area contributed by atoms with Gasteiger partial charge in [0.1, 0.15) is 35.6 Å². The predicted molar refractivity (Wildman–Crippen MR) is 164 cm³/mol. The van der Waals surface area contributed by atoms with Gasteiger partial charge in [-0.05, 0) is 42.8 Å². The molecule has 3 aromatic carbocycles. The fraction of sp³-hybridized carbons (Fsp3) is 0.212. The highest BCUT2D eigenvalue weighted by atomic mass is 16.6. The summed E-state index contributed by atoms with van der Waals surface area (Å²) in [4.78, 5) is 42.8. The summed E-state index contributed by atoms with van der Waals surface area (Å²) < 4.78 is 21.6. The first-order valence-corrected chi connectivity index (χ1v) is 13.7. The van der Waals surface area contributed by atoms with Crippen molar-refractivity contribution in [1.29, 1.82) is 0 Å². The van der Waals surface area contributed by atoms with Gasteiger partial charge in [-0.1, -0.05) is 42.5 Å². The molecule has 0 saturated carbocycles. The first-order chi connectivity index (χ1) is 21.6. The number of carbonyl (C=O) groups is 3. The smallest absolute Gasteiger partial charge is 0.343 e. The topological polar surface area (TPSA) is 182 Å². The van der Waals surface area contributed by atoms with Gasteiger partial charge in [-0.3, -0.25) is 4.79 Å². The molecule has 1 atom stereocenters. The zero-order chi connectivity index (χ0) is 32.6. The molecule has 0 aliphatic carbocycles. The van der Waals surface area contributed by atoms with Crippen molar-refractivity contribution in [3.8, 4) is 22.8 Å². The van der Waals surface area contributed by atoms with Gasteiger partial charge in [0.05, 0.1) is 12.5 Å². The first-order valence-electron chi connectivity index (χ1n) is 13.7. The summed E-state index contributed by atoms with van der Waals surface area (Å²) in [5.41, 5.74) is 2.21. The summed E-state index contributed by atoms with van der Waals surface area (Å²) in [6.45, 7) is 0.997. The van der Waals surface area contributed by atoms with Crippen LogP contribution < -0.4 is 20.2 Å². The van der Waals surface area contributed by atoms with E-state index in [4.69, 9.17) is 24.1 Å². The summed E-state index contributed by atoms with van der Waals surface area (Å²) in [7, 11) is 1.32. The number of hydrogen-bond acceptors (Lipinski definition) is 10. The van der Waals surface area contributed by atoms with E-state index in [1.807, 2.05) is 42.5 Å². The van der Waals surface area contributed by atoms with Crippen molar-refractivity contribution in [3.05, 3.63) is 107 Å². The normalized spacial score (nSPS) is 11.3. The second-order valence-electron chi connectivity index (χ2n) is 9.44. The van der Waals surface area contributed by atoms with Crippen LogP contribution in [0, 0.1) is 0 Å². The summed E-state index contributed by atoms with van der Waals surface area (Å²) in [6.07, 6.45) is 1.16. The fourth-order valence-electron chi connectivity index (χ4n) is 3.82. The maximum atomic E-state index is 12.5. The highest BCUT2D eigenvalue weighted by Gasteiger charge is 2.10. The average Bonchev–Trinajstić information content (AvgIpc) is 3.04. The molecule has 4 rings (SSSR count). The molecule has 1 unspecified atom stereocenters. The Morgan fingerprint density at radius 2 is 1.56 bits per heavy atom. The number of rotatable bonds is 14. The lowest BCUT2D eigenvalue weighted by molar-refractivity contribution is -0.143. The van der Waals surface area contributed by atoms with Gasteiger partial charge in [0.25, 0.3) is 0 Å². The number of ether oxygens (including phenoxy) is 3. The lowest BCUT2D eigenvalue weighted by atomic mass is 10.1. The van der Waals surface area contributed by atoms with Crippen LogP contribution in [0.3, 0.4) is 0 Å². The zero-order valence-corrected chi connectivity index (χ0v) is 24.4. The Kier molecular flexibility index (Phi) is 13.3. The summed E-state index contributed by atoms with van der Waals surface area (Å²) in [6, 6.07) is 23.4. The van der Waals surface area contributed by atoms with E-state index in [0.717, 1.165) is 17.5 Å². The number of esters is 1. The Morgan fingerprint density at radius 1 is 0.889 bits per heavy atom. The van der Waals surface area contributed by atoms with E-state index in [1.165, 1.54) is 13.2 Å². The monoisotopic (exact) mass is 619 g/mol. The van der Waals surface area contributed by atoms with Crippen LogP contribution in [0.1, 0.15) is 5.56 Å². The molecule has 45 heavy (non-hydrogen) atoms. The molecular weight excluding hydrogens is 586 g/mol. The first kappa shape index (κ1) is 34.0. The number of aliphatic carboxylic acids is 2. The van der Waals surface area contributed by atoms with E-state index in [0.29, 0.717) is 53.5 Å². The largest absolute Gasteiger partial charge is 0.491 e. The Balaban J connectivity index is 0.000000610. The highest BCUT2D eigenvalue weighted by Crippen LogP contribution is 2.25. The third-order valence-electron chi connectivity index (χ3n) is 6.05. The maximum absolute atomic E-state index is 12.5. The third kappa shape index (κ3) is 12.0. The van der Waals surface area contributed by atoms with Crippen LogP contribution in [0.4, 0.5) is 0 Å². The van der Waals surface area contributed by atoms with Gasteiger partial charge in [-0.2, -0.15) is 0 Å². The van der Waals surface area contributed by atoms with Gasteiger partial charge < -0.3 is 39.3 Å². The van der Waals surface area contributed by atoms with Crippen molar-refractivity contribution < 1.29 is 48.3 Å². The lowest BCUT2D eigenvalue weighted by Gasteiger charge is -2.14. The number of methoxy groups -OCH3 is 1. The average molecular weight is 620 g/mol. The highest BCUT2D eigenvalue weighted by molar-refractivity contribution is 5.89. The zero-order valence-electron chi connectivity index (χ0n) is 24.4.